The molecule has 0 spiro atoms. The zero-order valence-corrected chi connectivity index (χ0v) is 16.8. The fourth-order valence-corrected chi connectivity index (χ4v) is 4.20. The first kappa shape index (κ1) is 18.7. The van der Waals surface area contributed by atoms with E-state index in [1.807, 2.05) is 62.1 Å². The third-order valence-electron chi connectivity index (χ3n) is 5.28. The maximum absolute atomic E-state index is 12.4. The molecule has 2 aliphatic heterocycles. The van der Waals surface area contributed by atoms with Crippen molar-refractivity contribution in [3.05, 3.63) is 42.5 Å². The van der Waals surface area contributed by atoms with Crippen LogP contribution in [0.15, 0.2) is 42.5 Å². The lowest BCUT2D eigenvalue weighted by atomic mass is 9.85. The summed E-state index contributed by atoms with van der Waals surface area (Å²) in [6, 6.07) is 14.2. The number of piperidine rings is 2. The largest absolute Gasteiger partial charge is 0.444 e. The van der Waals surface area contributed by atoms with Crippen LogP contribution in [0.4, 0.5) is 10.6 Å². The van der Waals surface area contributed by atoms with Gasteiger partial charge in [0.1, 0.15) is 5.60 Å². The molecule has 2 bridgehead atoms. The summed E-state index contributed by atoms with van der Waals surface area (Å²) in [5, 5.41) is 8.90. The topological polar surface area (TPSA) is 58.6 Å². The van der Waals surface area contributed by atoms with Gasteiger partial charge in [-0.2, -0.15) is 0 Å². The van der Waals surface area contributed by atoms with Crippen LogP contribution in [-0.4, -0.2) is 53.0 Å². The number of ether oxygens (including phenoxy) is 1. The van der Waals surface area contributed by atoms with Gasteiger partial charge < -0.3 is 14.5 Å². The SMILES string of the molecule is CC(C)(C)OC(=O)N1CC2CC(C1)CN(c1ccc(-c3ccccc3)nn1)C2. The number of nitrogens with zero attached hydrogens (tertiary/aromatic N) is 4. The monoisotopic (exact) mass is 380 g/mol. The third-order valence-corrected chi connectivity index (χ3v) is 5.28. The average Bonchev–Trinajstić information content (AvgIpc) is 2.67. The molecule has 2 fully saturated rings. The lowest BCUT2D eigenvalue weighted by Crippen LogP contribution is -2.55. The van der Waals surface area contributed by atoms with E-state index >= 15 is 0 Å². The fourth-order valence-electron chi connectivity index (χ4n) is 4.20. The molecule has 28 heavy (non-hydrogen) atoms. The highest BCUT2D eigenvalue weighted by Gasteiger charge is 2.37. The molecule has 0 radical (unpaired) electrons. The lowest BCUT2D eigenvalue weighted by molar-refractivity contribution is 0.00758. The van der Waals surface area contributed by atoms with Crippen molar-refractivity contribution in [2.75, 3.05) is 31.1 Å². The highest BCUT2D eigenvalue weighted by molar-refractivity contribution is 5.68. The van der Waals surface area contributed by atoms with E-state index in [4.69, 9.17) is 4.74 Å². The summed E-state index contributed by atoms with van der Waals surface area (Å²) in [7, 11) is 0. The maximum atomic E-state index is 12.4. The van der Waals surface area contributed by atoms with Crippen LogP contribution >= 0.6 is 0 Å². The van der Waals surface area contributed by atoms with Gasteiger partial charge in [0, 0.05) is 31.7 Å². The first-order valence-corrected chi connectivity index (χ1v) is 9.99. The Labute approximate surface area is 166 Å². The summed E-state index contributed by atoms with van der Waals surface area (Å²) in [6.07, 6.45) is 0.966. The number of amides is 1. The van der Waals surface area contributed by atoms with Crippen LogP contribution in [-0.2, 0) is 4.74 Å². The van der Waals surface area contributed by atoms with E-state index in [0.717, 1.165) is 49.7 Å². The van der Waals surface area contributed by atoms with Gasteiger partial charge in [-0.05, 0) is 51.2 Å². The predicted molar refractivity (Wildman–Crippen MR) is 109 cm³/mol. The van der Waals surface area contributed by atoms with Crippen LogP contribution in [0.5, 0.6) is 0 Å². The van der Waals surface area contributed by atoms with Crippen LogP contribution in [0.1, 0.15) is 27.2 Å². The summed E-state index contributed by atoms with van der Waals surface area (Å²) in [5.74, 6) is 1.80. The van der Waals surface area contributed by atoms with Gasteiger partial charge >= 0.3 is 6.09 Å². The van der Waals surface area contributed by atoms with Gasteiger partial charge in [-0.1, -0.05) is 30.3 Å². The van der Waals surface area contributed by atoms with Crippen molar-refractivity contribution in [1.82, 2.24) is 15.1 Å². The minimum Gasteiger partial charge on any atom is -0.444 e. The van der Waals surface area contributed by atoms with Crippen molar-refractivity contribution in [3.63, 3.8) is 0 Å². The summed E-state index contributed by atoms with van der Waals surface area (Å²) < 4.78 is 5.56. The average molecular weight is 380 g/mol. The van der Waals surface area contributed by atoms with Crippen LogP contribution in [0.3, 0.4) is 0 Å². The van der Waals surface area contributed by atoms with Gasteiger partial charge in [-0.15, -0.1) is 10.2 Å². The van der Waals surface area contributed by atoms with Gasteiger partial charge in [-0.25, -0.2) is 4.79 Å². The molecule has 2 aliphatic rings. The summed E-state index contributed by atoms with van der Waals surface area (Å²) in [5.41, 5.74) is 1.51. The van der Waals surface area contributed by atoms with Crippen molar-refractivity contribution in [1.29, 1.82) is 0 Å². The van der Waals surface area contributed by atoms with Crippen LogP contribution < -0.4 is 4.90 Å². The number of rotatable bonds is 2. The summed E-state index contributed by atoms with van der Waals surface area (Å²) in [4.78, 5) is 16.6. The Morgan fingerprint density at radius 3 is 2.21 bits per heavy atom. The smallest absolute Gasteiger partial charge is 0.410 e. The van der Waals surface area contributed by atoms with Gasteiger partial charge in [-0.3, -0.25) is 0 Å². The number of benzene rings is 1. The second kappa shape index (κ2) is 7.41. The summed E-state index contributed by atoms with van der Waals surface area (Å²) in [6.45, 7) is 9.03. The van der Waals surface area contributed by atoms with E-state index in [2.05, 4.69) is 21.2 Å². The molecule has 3 heterocycles. The van der Waals surface area contributed by atoms with Crippen LogP contribution in [0.25, 0.3) is 11.3 Å². The van der Waals surface area contributed by atoms with E-state index in [1.54, 1.807) is 0 Å². The number of aromatic nitrogens is 2. The van der Waals surface area contributed by atoms with E-state index < -0.39 is 5.60 Å². The molecule has 6 nitrogen and oxygen atoms in total. The van der Waals surface area contributed by atoms with Crippen molar-refractivity contribution in [2.45, 2.75) is 32.8 Å². The maximum Gasteiger partial charge on any atom is 0.410 e. The van der Waals surface area contributed by atoms with E-state index in [-0.39, 0.29) is 6.09 Å². The lowest BCUT2D eigenvalue weighted by Gasteiger charge is -2.46. The van der Waals surface area contributed by atoms with Gasteiger partial charge in [0.25, 0.3) is 0 Å². The third kappa shape index (κ3) is 4.26. The molecule has 2 aromatic rings. The molecule has 0 saturated carbocycles. The zero-order valence-electron chi connectivity index (χ0n) is 16.8. The molecule has 2 atom stereocenters. The second-order valence-corrected chi connectivity index (χ2v) is 8.90. The number of hydrogen-bond acceptors (Lipinski definition) is 5. The molecule has 1 amide bonds. The fraction of sp³-hybridized carbons (Fsp3) is 0.500. The van der Waals surface area contributed by atoms with Crippen LogP contribution in [0, 0.1) is 11.8 Å². The Hall–Kier alpha value is -2.63. The molecule has 148 valence electrons. The molecular weight excluding hydrogens is 352 g/mol. The predicted octanol–water partition coefficient (Wildman–Crippen LogP) is 3.84. The minimum absolute atomic E-state index is 0.192. The number of hydrogen-bond donors (Lipinski definition) is 0. The Kier molecular flexibility index (Phi) is 4.96. The number of likely N-dealkylation sites (tertiary alicyclic amines) is 1. The Morgan fingerprint density at radius 1 is 0.964 bits per heavy atom. The van der Waals surface area contributed by atoms with E-state index in [9.17, 15) is 4.79 Å². The van der Waals surface area contributed by atoms with Crippen molar-refractivity contribution < 1.29 is 9.53 Å². The molecule has 6 heteroatoms. The molecule has 0 N–H and O–H groups in total. The van der Waals surface area contributed by atoms with Gasteiger partial charge in [0.2, 0.25) is 0 Å². The molecule has 2 unspecified atom stereocenters. The molecule has 2 saturated heterocycles. The first-order valence-electron chi connectivity index (χ1n) is 9.99. The van der Waals surface area contributed by atoms with Gasteiger partial charge in [0.15, 0.2) is 5.82 Å². The zero-order chi connectivity index (χ0) is 19.7. The molecule has 1 aromatic heterocycles. The number of carbonyl (C=O) groups excluding carboxylic acids is 1. The molecule has 1 aromatic carbocycles. The normalized spacial score (nSPS) is 22.1. The number of fused-ring (bicyclic) bond motifs is 2. The molecule has 4 rings (SSSR count). The van der Waals surface area contributed by atoms with Gasteiger partial charge in [0.05, 0.1) is 5.69 Å². The Morgan fingerprint density at radius 2 is 1.64 bits per heavy atom. The van der Waals surface area contributed by atoms with E-state index in [1.165, 1.54) is 0 Å². The standard InChI is InChI=1S/C22H28N4O2/c1-22(2,3)28-21(27)26-14-16-11-17(15-26)13-25(12-16)20-10-9-19(23-24-20)18-7-5-4-6-8-18/h4-10,16-17H,11-15H2,1-3H3. The first-order chi connectivity index (χ1) is 13.4. The highest BCUT2D eigenvalue weighted by Crippen LogP contribution is 2.31. The quantitative estimate of drug-likeness (QED) is 0.792. The number of carbonyl (C=O) groups is 1. The van der Waals surface area contributed by atoms with Crippen LogP contribution in [0.2, 0.25) is 0 Å². The molecule has 0 aliphatic carbocycles. The number of anilines is 1. The minimum atomic E-state index is -0.453. The Bertz CT molecular complexity index is 803. The van der Waals surface area contributed by atoms with Crippen molar-refractivity contribution >= 4 is 11.9 Å². The van der Waals surface area contributed by atoms with Crippen molar-refractivity contribution in [2.24, 2.45) is 11.8 Å². The second-order valence-electron chi connectivity index (χ2n) is 8.90. The highest BCUT2D eigenvalue weighted by atomic mass is 16.6. The van der Waals surface area contributed by atoms with Crippen molar-refractivity contribution in [3.8, 4) is 11.3 Å². The van der Waals surface area contributed by atoms with E-state index in [0.29, 0.717) is 11.8 Å². The molecular formula is C22H28N4O2. The Balaban J connectivity index is 1.41. The summed E-state index contributed by atoms with van der Waals surface area (Å²) >= 11 is 0.